The Kier molecular flexibility index (Phi) is 6.14. The Morgan fingerprint density at radius 1 is 0.868 bits per heavy atom. The maximum Gasteiger partial charge on any atom is 0.287 e. The normalized spacial score (nSPS) is 20.8. The lowest BCUT2D eigenvalue weighted by atomic mass is 9.75. The van der Waals surface area contributed by atoms with Crippen molar-refractivity contribution in [2.24, 2.45) is 4.99 Å². The zero-order chi connectivity index (χ0) is 26.4. The molecule has 7 nitrogen and oxygen atoms in total. The van der Waals surface area contributed by atoms with Gasteiger partial charge in [-0.2, -0.15) is 0 Å². The third-order valence-corrected chi connectivity index (χ3v) is 8.82. The first-order valence-electron chi connectivity index (χ1n) is 13.8. The largest absolute Gasteiger partial charge is 0.451 e. The first kappa shape index (κ1) is 24.9. The van der Waals surface area contributed by atoms with Gasteiger partial charge in [-0.05, 0) is 80.5 Å². The molecule has 2 aromatic carbocycles. The van der Waals surface area contributed by atoms with E-state index in [1.807, 2.05) is 42.5 Å². The first-order chi connectivity index (χ1) is 18.3. The van der Waals surface area contributed by atoms with Crippen LogP contribution in [0.1, 0.15) is 80.3 Å². The SMILES string of the molecule is C=NCC1(NC(=O)C2(NC(=O)c3cc4ccc(-c5ccc(C6(O)CCC6)cc5)cc4o3)CCCCC2)CC1. The molecule has 3 N–H and O–H groups in total. The number of rotatable bonds is 8. The molecule has 0 atom stereocenters. The molecule has 3 saturated carbocycles. The average Bonchev–Trinajstić information content (AvgIpc) is 3.52. The van der Waals surface area contributed by atoms with Crippen LogP contribution < -0.4 is 10.6 Å². The molecule has 38 heavy (non-hydrogen) atoms. The average molecular weight is 514 g/mol. The molecule has 0 aliphatic heterocycles. The smallest absolute Gasteiger partial charge is 0.287 e. The monoisotopic (exact) mass is 513 g/mol. The Labute approximate surface area is 222 Å². The van der Waals surface area contributed by atoms with Crippen LogP contribution in [0.25, 0.3) is 22.1 Å². The van der Waals surface area contributed by atoms with E-state index < -0.39 is 11.1 Å². The van der Waals surface area contributed by atoms with Gasteiger partial charge in [0.25, 0.3) is 5.91 Å². The summed E-state index contributed by atoms with van der Waals surface area (Å²) in [5, 5.41) is 17.7. The molecule has 3 aliphatic rings. The number of carbonyl (C=O) groups excluding carboxylic acids is 2. The molecule has 7 heteroatoms. The molecule has 2 amide bonds. The molecule has 0 unspecified atom stereocenters. The second kappa shape index (κ2) is 9.38. The van der Waals surface area contributed by atoms with Crippen molar-refractivity contribution in [3.8, 4) is 11.1 Å². The van der Waals surface area contributed by atoms with Crippen LogP contribution >= 0.6 is 0 Å². The summed E-state index contributed by atoms with van der Waals surface area (Å²) in [4.78, 5) is 30.8. The molecule has 0 radical (unpaired) electrons. The second-order valence-corrected chi connectivity index (χ2v) is 11.5. The van der Waals surface area contributed by atoms with Crippen LogP contribution in [0.3, 0.4) is 0 Å². The summed E-state index contributed by atoms with van der Waals surface area (Å²) in [7, 11) is 0. The number of aliphatic imine (C=N–C) groups is 1. The number of furan rings is 1. The van der Waals surface area contributed by atoms with E-state index in [1.165, 1.54) is 0 Å². The van der Waals surface area contributed by atoms with Crippen LogP contribution in [0.4, 0.5) is 0 Å². The quantitative estimate of drug-likeness (QED) is 0.358. The van der Waals surface area contributed by atoms with E-state index >= 15 is 0 Å². The van der Waals surface area contributed by atoms with Gasteiger partial charge < -0.3 is 20.2 Å². The van der Waals surface area contributed by atoms with Gasteiger partial charge >= 0.3 is 0 Å². The fourth-order valence-corrected chi connectivity index (χ4v) is 5.99. The minimum absolute atomic E-state index is 0.125. The van der Waals surface area contributed by atoms with Crippen molar-refractivity contribution in [1.29, 1.82) is 0 Å². The summed E-state index contributed by atoms with van der Waals surface area (Å²) < 4.78 is 6.01. The highest BCUT2D eigenvalue weighted by Gasteiger charge is 2.49. The Hall–Kier alpha value is -3.45. The Bertz CT molecular complexity index is 1380. The summed E-state index contributed by atoms with van der Waals surface area (Å²) >= 11 is 0. The third kappa shape index (κ3) is 4.53. The van der Waals surface area contributed by atoms with E-state index in [2.05, 4.69) is 22.3 Å². The first-order valence-corrected chi connectivity index (χ1v) is 13.8. The van der Waals surface area contributed by atoms with E-state index in [0.29, 0.717) is 25.0 Å². The molecule has 1 aromatic heterocycles. The summed E-state index contributed by atoms with van der Waals surface area (Å²) in [6, 6.07) is 15.6. The molecule has 1 heterocycles. The van der Waals surface area contributed by atoms with E-state index in [0.717, 1.165) is 73.4 Å². The van der Waals surface area contributed by atoms with Gasteiger partial charge in [-0.15, -0.1) is 0 Å². The summed E-state index contributed by atoms with van der Waals surface area (Å²) in [5.41, 5.74) is 1.63. The summed E-state index contributed by atoms with van der Waals surface area (Å²) in [5.74, 6) is -0.295. The number of benzene rings is 2. The van der Waals surface area contributed by atoms with E-state index in [4.69, 9.17) is 4.42 Å². The number of amides is 2. The predicted molar refractivity (Wildman–Crippen MR) is 147 cm³/mol. The third-order valence-electron chi connectivity index (χ3n) is 8.82. The van der Waals surface area contributed by atoms with Crippen molar-refractivity contribution in [3.63, 3.8) is 0 Å². The van der Waals surface area contributed by atoms with Crippen LogP contribution in [0.2, 0.25) is 0 Å². The van der Waals surface area contributed by atoms with Crippen molar-refractivity contribution in [3.05, 3.63) is 59.9 Å². The van der Waals surface area contributed by atoms with Gasteiger partial charge in [0, 0.05) is 5.39 Å². The summed E-state index contributed by atoms with van der Waals surface area (Å²) in [6.07, 6.45) is 8.50. The molecule has 3 fully saturated rings. The van der Waals surface area contributed by atoms with Gasteiger partial charge in [-0.25, -0.2) is 0 Å². The van der Waals surface area contributed by atoms with Crippen LogP contribution in [-0.4, -0.2) is 41.3 Å². The molecule has 198 valence electrons. The number of nitrogens with one attached hydrogen (secondary N) is 2. The minimum atomic E-state index is -0.942. The number of hydrogen-bond acceptors (Lipinski definition) is 5. The van der Waals surface area contributed by atoms with Gasteiger partial charge in [0.2, 0.25) is 5.91 Å². The zero-order valence-electron chi connectivity index (χ0n) is 21.7. The van der Waals surface area contributed by atoms with Crippen LogP contribution in [0.15, 0.2) is 57.9 Å². The van der Waals surface area contributed by atoms with Gasteiger partial charge in [0.05, 0.1) is 17.7 Å². The molecule has 0 saturated heterocycles. The maximum absolute atomic E-state index is 13.5. The molecule has 0 bridgehead atoms. The number of fused-ring (bicyclic) bond motifs is 1. The van der Waals surface area contributed by atoms with Gasteiger partial charge in [-0.1, -0.05) is 55.7 Å². The predicted octanol–water partition coefficient (Wildman–Crippen LogP) is 5.25. The van der Waals surface area contributed by atoms with Crippen molar-refractivity contribution in [2.45, 2.75) is 80.9 Å². The van der Waals surface area contributed by atoms with E-state index in [1.54, 1.807) is 6.07 Å². The number of carbonyl (C=O) groups is 2. The topological polar surface area (TPSA) is 104 Å². The number of aliphatic hydroxyl groups is 1. The van der Waals surface area contributed by atoms with Gasteiger partial charge in [0.1, 0.15) is 11.1 Å². The zero-order valence-corrected chi connectivity index (χ0v) is 21.7. The minimum Gasteiger partial charge on any atom is -0.451 e. The standard InChI is InChI=1S/C31H35N3O4/c1-32-20-29(16-17-29)34-28(36)30(12-3-2-4-13-30)33-27(35)26-19-23-7-6-22(18-25(23)38-26)21-8-10-24(11-9-21)31(37)14-5-15-31/h6-11,18-19,37H,1-5,12-17,20H2,(H,33,35)(H,34,36). The van der Waals surface area contributed by atoms with Crippen molar-refractivity contribution < 1.29 is 19.1 Å². The van der Waals surface area contributed by atoms with Gasteiger partial charge in [0.15, 0.2) is 5.76 Å². The lowest BCUT2D eigenvalue weighted by Gasteiger charge is -2.37. The molecular formula is C31H35N3O4. The van der Waals surface area contributed by atoms with Crippen molar-refractivity contribution in [2.75, 3.05) is 6.54 Å². The van der Waals surface area contributed by atoms with Crippen LogP contribution in [0, 0.1) is 0 Å². The highest BCUT2D eigenvalue weighted by molar-refractivity contribution is 6.00. The molecule has 6 rings (SSSR count). The van der Waals surface area contributed by atoms with E-state index in [9.17, 15) is 14.7 Å². The van der Waals surface area contributed by atoms with Crippen molar-refractivity contribution >= 4 is 29.5 Å². The highest BCUT2D eigenvalue weighted by Crippen LogP contribution is 2.42. The second-order valence-electron chi connectivity index (χ2n) is 11.5. The van der Waals surface area contributed by atoms with Crippen LogP contribution in [0.5, 0.6) is 0 Å². The lowest BCUT2D eigenvalue weighted by Crippen LogP contribution is -2.62. The summed E-state index contributed by atoms with van der Waals surface area (Å²) in [6.45, 7) is 4.08. The fraction of sp³-hybridized carbons (Fsp3) is 0.452. The Balaban J connectivity index is 1.21. The van der Waals surface area contributed by atoms with Gasteiger partial charge in [-0.3, -0.25) is 14.6 Å². The number of nitrogens with zero attached hydrogens (tertiary/aromatic N) is 1. The molecule has 3 aromatic rings. The number of hydrogen-bond donors (Lipinski definition) is 3. The molecule has 3 aliphatic carbocycles. The fourth-order valence-electron chi connectivity index (χ4n) is 5.99. The van der Waals surface area contributed by atoms with E-state index in [-0.39, 0.29) is 23.1 Å². The Morgan fingerprint density at radius 3 is 2.21 bits per heavy atom. The lowest BCUT2D eigenvalue weighted by molar-refractivity contribution is -0.129. The molecular weight excluding hydrogens is 478 g/mol. The van der Waals surface area contributed by atoms with Crippen molar-refractivity contribution in [1.82, 2.24) is 10.6 Å². The highest BCUT2D eigenvalue weighted by atomic mass is 16.3. The Morgan fingerprint density at radius 2 is 1.58 bits per heavy atom. The molecule has 0 spiro atoms. The van der Waals surface area contributed by atoms with Crippen LogP contribution in [-0.2, 0) is 10.4 Å². The maximum atomic E-state index is 13.5.